The van der Waals surface area contributed by atoms with Crippen LogP contribution in [-0.4, -0.2) is 46.3 Å². The Morgan fingerprint density at radius 1 is 0.889 bits per heavy atom. The topological polar surface area (TPSA) is 96.4 Å². The summed E-state index contributed by atoms with van der Waals surface area (Å²) < 4.78 is 10.3. The summed E-state index contributed by atoms with van der Waals surface area (Å²) in [6.07, 6.45) is 3.79. The third-order valence-electron chi connectivity index (χ3n) is 5.81. The lowest BCUT2D eigenvalue weighted by Crippen LogP contribution is -2.45. The van der Waals surface area contributed by atoms with Crippen molar-refractivity contribution in [3.63, 3.8) is 0 Å². The molecule has 0 aliphatic carbocycles. The first-order valence-corrected chi connectivity index (χ1v) is 11.4. The molecule has 1 atom stereocenters. The van der Waals surface area contributed by atoms with E-state index in [1.165, 1.54) is 24.0 Å². The van der Waals surface area contributed by atoms with Gasteiger partial charge in [-0.2, -0.15) is 0 Å². The smallest absolute Gasteiger partial charge is 0.308 e. The Hall–Kier alpha value is -4.59. The van der Waals surface area contributed by atoms with E-state index in [-0.39, 0.29) is 17.6 Å². The van der Waals surface area contributed by atoms with Gasteiger partial charge in [-0.15, -0.1) is 0 Å². The lowest BCUT2D eigenvalue weighted by molar-refractivity contribution is -0.134. The maximum absolute atomic E-state index is 13.6. The summed E-state index contributed by atoms with van der Waals surface area (Å²) in [5, 5.41) is 9.50. The number of nitrogens with zero attached hydrogens (tertiary/aromatic N) is 2. The molecular formula is C28H26N2O6. The first-order chi connectivity index (χ1) is 17.4. The minimum absolute atomic E-state index is 0.183. The van der Waals surface area contributed by atoms with Crippen molar-refractivity contribution in [1.29, 1.82) is 0 Å². The third kappa shape index (κ3) is 5.55. The van der Waals surface area contributed by atoms with Crippen molar-refractivity contribution in [2.24, 2.45) is 0 Å². The van der Waals surface area contributed by atoms with Gasteiger partial charge in [0.2, 0.25) is 0 Å². The molecule has 0 saturated heterocycles. The van der Waals surface area contributed by atoms with E-state index >= 15 is 0 Å². The fourth-order valence-electron chi connectivity index (χ4n) is 3.94. The van der Waals surface area contributed by atoms with Gasteiger partial charge in [0.15, 0.2) is 0 Å². The van der Waals surface area contributed by atoms with Crippen molar-refractivity contribution in [2.75, 3.05) is 13.7 Å². The van der Waals surface area contributed by atoms with Crippen LogP contribution in [0.5, 0.6) is 17.2 Å². The lowest BCUT2D eigenvalue weighted by atomic mass is 10.0. The fraction of sp³-hybridized carbons (Fsp3) is 0.179. The van der Waals surface area contributed by atoms with Crippen molar-refractivity contribution in [3.05, 3.63) is 102 Å². The maximum atomic E-state index is 13.6. The van der Waals surface area contributed by atoms with Crippen LogP contribution in [0.3, 0.4) is 0 Å². The van der Waals surface area contributed by atoms with E-state index in [0.717, 1.165) is 5.56 Å². The van der Waals surface area contributed by atoms with Crippen LogP contribution in [0.25, 0.3) is 0 Å². The van der Waals surface area contributed by atoms with Crippen LogP contribution in [0.15, 0.2) is 85.2 Å². The van der Waals surface area contributed by atoms with Crippen molar-refractivity contribution in [3.8, 4) is 17.2 Å². The highest BCUT2D eigenvalue weighted by Gasteiger charge is 2.36. The van der Waals surface area contributed by atoms with Crippen LogP contribution < -0.4 is 9.47 Å². The van der Waals surface area contributed by atoms with E-state index in [0.29, 0.717) is 35.6 Å². The molecule has 0 fully saturated rings. The van der Waals surface area contributed by atoms with Gasteiger partial charge in [-0.3, -0.25) is 19.3 Å². The van der Waals surface area contributed by atoms with Gasteiger partial charge in [-0.05, 0) is 66.1 Å². The predicted octanol–water partition coefficient (Wildman–Crippen LogP) is 4.07. The summed E-state index contributed by atoms with van der Waals surface area (Å²) in [7, 11) is 1.56. The number of hydrogen-bond donors (Lipinski definition) is 1. The Morgan fingerprint density at radius 2 is 1.53 bits per heavy atom. The fourth-order valence-corrected chi connectivity index (χ4v) is 3.94. The monoisotopic (exact) mass is 486 g/mol. The zero-order chi connectivity index (χ0) is 25.7. The van der Waals surface area contributed by atoms with E-state index in [1.807, 2.05) is 12.1 Å². The second kappa shape index (κ2) is 10.8. The number of methoxy groups -OCH3 is 1. The highest BCUT2D eigenvalue weighted by Crippen LogP contribution is 2.31. The van der Waals surface area contributed by atoms with E-state index in [1.54, 1.807) is 72.9 Å². The summed E-state index contributed by atoms with van der Waals surface area (Å²) in [6.45, 7) is 1.71. The quantitative estimate of drug-likeness (QED) is 0.400. The molecule has 0 bridgehead atoms. The number of esters is 1. The molecule has 1 aliphatic heterocycles. The average Bonchev–Trinajstić information content (AvgIpc) is 2.88. The van der Waals surface area contributed by atoms with E-state index < -0.39 is 12.0 Å². The molecule has 0 radical (unpaired) electrons. The van der Waals surface area contributed by atoms with Gasteiger partial charge in [-0.1, -0.05) is 24.3 Å². The van der Waals surface area contributed by atoms with Crippen molar-refractivity contribution >= 4 is 17.8 Å². The molecule has 1 aliphatic rings. The van der Waals surface area contributed by atoms with E-state index in [2.05, 4.69) is 0 Å². The number of ether oxygens (including phenoxy) is 2. The average molecular weight is 487 g/mol. The highest BCUT2D eigenvalue weighted by atomic mass is 16.5. The number of carbonyl (C=O) groups is 3. The second-order valence-corrected chi connectivity index (χ2v) is 8.25. The molecule has 4 rings (SSSR count). The third-order valence-corrected chi connectivity index (χ3v) is 5.81. The minimum atomic E-state index is -0.874. The number of benzene rings is 3. The van der Waals surface area contributed by atoms with Crippen LogP contribution >= 0.6 is 0 Å². The Morgan fingerprint density at radius 3 is 2.14 bits per heavy atom. The number of rotatable bonds is 7. The van der Waals surface area contributed by atoms with Crippen LogP contribution in [0.4, 0.5) is 0 Å². The van der Waals surface area contributed by atoms with Gasteiger partial charge in [0.1, 0.15) is 23.3 Å². The Balaban J connectivity index is 1.61. The second-order valence-electron chi connectivity index (χ2n) is 8.25. The van der Waals surface area contributed by atoms with Crippen LogP contribution in [0.2, 0.25) is 0 Å². The zero-order valence-electron chi connectivity index (χ0n) is 20.0. The molecule has 3 aromatic rings. The van der Waals surface area contributed by atoms with Crippen molar-refractivity contribution in [2.45, 2.75) is 19.4 Å². The molecule has 1 N–H and O–H groups in total. The molecule has 0 spiro atoms. The van der Waals surface area contributed by atoms with Gasteiger partial charge in [0.25, 0.3) is 11.8 Å². The molecular weight excluding hydrogens is 460 g/mol. The normalized spacial score (nSPS) is 15.1. The number of aromatic hydroxyl groups is 1. The van der Waals surface area contributed by atoms with Gasteiger partial charge in [0, 0.05) is 31.4 Å². The number of hydrogen-bond acceptors (Lipinski definition) is 6. The lowest BCUT2D eigenvalue weighted by Gasteiger charge is -2.36. The summed E-state index contributed by atoms with van der Waals surface area (Å²) in [6, 6.07) is 19.2. The number of amides is 2. The van der Waals surface area contributed by atoms with E-state index in [9.17, 15) is 19.5 Å². The standard InChI is InChI=1S/C28H26N2O6/c1-19(31)36-25-13-7-22(8-14-25)27(33)30-18-17-29(16-15-20-3-9-23(32)10-4-20)28(34)26(30)21-5-11-24(35-2)12-6-21/h3-14,17-18,26,32H,15-16H2,1-2H3. The molecule has 1 heterocycles. The largest absolute Gasteiger partial charge is 0.508 e. The molecule has 1 unspecified atom stereocenters. The van der Waals surface area contributed by atoms with Crippen LogP contribution in [0.1, 0.15) is 34.5 Å². The first-order valence-electron chi connectivity index (χ1n) is 11.4. The Kier molecular flexibility index (Phi) is 7.34. The molecule has 3 aromatic carbocycles. The Bertz CT molecular complexity index is 1270. The van der Waals surface area contributed by atoms with E-state index in [4.69, 9.17) is 9.47 Å². The zero-order valence-corrected chi connectivity index (χ0v) is 20.0. The number of carbonyl (C=O) groups excluding carboxylic acids is 3. The molecule has 8 heteroatoms. The maximum Gasteiger partial charge on any atom is 0.308 e. The molecule has 0 saturated carbocycles. The van der Waals surface area contributed by atoms with Gasteiger partial charge < -0.3 is 19.5 Å². The van der Waals surface area contributed by atoms with Gasteiger partial charge >= 0.3 is 5.97 Å². The molecule has 2 amide bonds. The predicted molar refractivity (Wildman–Crippen MR) is 132 cm³/mol. The molecule has 8 nitrogen and oxygen atoms in total. The van der Waals surface area contributed by atoms with Crippen molar-refractivity contribution < 1.29 is 29.0 Å². The minimum Gasteiger partial charge on any atom is -0.508 e. The van der Waals surface area contributed by atoms with Crippen LogP contribution in [-0.2, 0) is 16.0 Å². The van der Waals surface area contributed by atoms with Crippen LogP contribution in [0, 0.1) is 0 Å². The molecule has 184 valence electrons. The number of phenols is 1. The summed E-state index contributed by atoms with van der Waals surface area (Å²) >= 11 is 0. The van der Waals surface area contributed by atoms with Gasteiger partial charge in [0.05, 0.1) is 7.11 Å². The molecule has 36 heavy (non-hydrogen) atoms. The molecule has 0 aromatic heterocycles. The van der Waals surface area contributed by atoms with Crippen molar-refractivity contribution in [1.82, 2.24) is 9.80 Å². The first kappa shape index (κ1) is 24.5. The SMILES string of the molecule is COc1ccc(C2C(=O)N(CCc3ccc(O)cc3)C=CN2C(=O)c2ccc(OC(C)=O)cc2)cc1. The summed E-state index contributed by atoms with van der Waals surface area (Å²) in [4.78, 5) is 41.3. The summed E-state index contributed by atoms with van der Waals surface area (Å²) in [5.41, 5.74) is 1.96. The number of phenolic OH excluding ortho intramolecular Hbond substituents is 1. The summed E-state index contributed by atoms with van der Waals surface area (Å²) in [5.74, 6) is 0.0873. The Labute approximate surface area is 209 Å². The highest BCUT2D eigenvalue weighted by molar-refractivity contribution is 5.99. The van der Waals surface area contributed by atoms with Gasteiger partial charge in [-0.25, -0.2) is 0 Å².